The van der Waals surface area contributed by atoms with Gasteiger partial charge in [-0.1, -0.05) is 319 Å². The number of nitrogens with zero attached hydrogens (tertiary/aromatic N) is 16. The predicted octanol–water partition coefficient (Wildman–Crippen LogP) is 22.5. The number of aliphatic imine (C=N–C) groups is 2. The van der Waals surface area contributed by atoms with Crippen molar-refractivity contribution < 1.29 is 30.5 Å². The molecule has 822 valence electrons. The molecule has 0 aromatic carbocycles. The molecule has 0 saturated heterocycles. The maximum atomic E-state index is 11.0. The summed E-state index contributed by atoms with van der Waals surface area (Å²) in [4.78, 5) is 101. The molecule has 142 heavy (non-hydrogen) atoms. The van der Waals surface area contributed by atoms with Crippen molar-refractivity contribution in [3.8, 4) is 0 Å². The van der Waals surface area contributed by atoms with Gasteiger partial charge in [-0.25, -0.2) is 9.97 Å². The molecular formula is C105H209N29O8. The van der Waals surface area contributed by atoms with Gasteiger partial charge in [0.25, 0.3) is 0 Å². The van der Waals surface area contributed by atoms with Gasteiger partial charge in [0.2, 0.25) is 34.7 Å². The first-order valence-electron chi connectivity index (χ1n) is 50.5. The number of nitrogens with one attached hydrogen (secondary N) is 9. The fourth-order valence-electron chi connectivity index (χ4n) is 7.36. The molecule has 0 radical (unpaired) electrons. The summed E-state index contributed by atoms with van der Waals surface area (Å²) in [5.74, 6) is 14.4. The van der Waals surface area contributed by atoms with Crippen LogP contribution in [0.3, 0.4) is 0 Å². The van der Waals surface area contributed by atoms with E-state index in [9.17, 15) is 33.6 Å². The fourth-order valence-corrected chi connectivity index (χ4v) is 7.36. The summed E-state index contributed by atoms with van der Waals surface area (Å²) in [5.41, 5.74) is 24.2. The summed E-state index contributed by atoms with van der Waals surface area (Å²) < 4.78 is 0. The highest BCUT2D eigenvalue weighted by molar-refractivity contribution is 5.88. The predicted molar refractivity (Wildman–Crippen MR) is 595 cm³/mol. The Morgan fingerprint density at radius 3 is 0.789 bits per heavy atom. The second-order valence-electron chi connectivity index (χ2n) is 41.5. The third-order valence-electron chi connectivity index (χ3n) is 16.1. The number of ketones is 1. The summed E-state index contributed by atoms with van der Waals surface area (Å²) in [7, 11) is 0. The van der Waals surface area contributed by atoms with Crippen LogP contribution in [0.1, 0.15) is 436 Å². The molecule has 7 aromatic rings. The normalized spacial score (nSPS) is 11.2. The van der Waals surface area contributed by atoms with Crippen LogP contribution in [0.15, 0.2) is 108 Å². The number of imidazole rings is 2. The molecule has 0 saturated carbocycles. The topological polar surface area (TPSA) is 582 Å². The van der Waals surface area contributed by atoms with Crippen LogP contribution in [-0.2, 0) is 24.0 Å². The summed E-state index contributed by atoms with van der Waals surface area (Å²) in [6, 6.07) is 11.0. The molecule has 8 heterocycles. The lowest BCUT2D eigenvalue weighted by Gasteiger charge is -2.09. The zero-order valence-electron chi connectivity index (χ0n) is 97.9. The van der Waals surface area contributed by atoms with Crippen molar-refractivity contribution in [2.75, 3.05) is 6.54 Å². The van der Waals surface area contributed by atoms with Crippen LogP contribution in [0.4, 0.5) is 0 Å². The number of amidine groups is 2. The number of tetrazole rings is 3. The third kappa shape index (κ3) is 109. The molecule has 8 rings (SSSR count). The summed E-state index contributed by atoms with van der Waals surface area (Å²) in [5, 5.41) is 65.8. The number of pyridine rings is 2. The standard InChI is InChI=1S/2C9H16N2.2C8H16O.2C7H16N2.2C7H15NO.C5H9N3.2C5H5NO.3C4H8N4.2C4H9NO.2C4H10.H2/c2*1-6(2)8-5-10-9(11-8)7(3)4;2*1-6(2)5-8(9)7(3)4;2*1-5(2)7(8)9-6(3)4;2*1-5(2)7(9)8-6(3)4;1-4(2)5-3-6-8-7-5;2*7-5-3-1-2-4-6-5;3*1-3(2)4-5-7-8-6-4;2*1-3(2)4(5)6;2*1-4(2)3;/h2*5-7H,1-4H3,(H,10,11);6-7H,5H2,1-4H3;5-7,9H,1-4H3;2*5-6H,1-4H3,(H2,8,9);2*5-6H,1-4H3,(H,8,9);4H,3H2,1-2H3;2*1-4H,(H,6,7);3*3H,1-2H3,(H,5,6,7,8);2*3H,1-2H3,(H2,5,6);2*4H,1-3H3;1H/b;;;8-5-;;;;;;;;;;;;;;;. The lowest BCUT2D eigenvalue weighted by atomic mass is 9.99. The number of rotatable bonds is 23. The van der Waals surface area contributed by atoms with Gasteiger partial charge in [0.15, 0.2) is 17.5 Å². The number of carbonyl (C=O) groups excluding carboxylic acids is 5. The quantitative estimate of drug-likeness (QED) is 0.0161. The first-order chi connectivity index (χ1) is 65.2. The van der Waals surface area contributed by atoms with Gasteiger partial charge in [-0.05, 0) is 120 Å². The molecule has 1 aliphatic heterocycles. The van der Waals surface area contributed by atoms with Crippen LogP contribution in [-0.4, -0.2) is 174 Å². The Labute approximate surface area is 859 Å². The van der Waals surface area contributed by atoms with Crippen LogP contribution in [0.5, 0.6) is 0 Å². The van der Waals surface area contributed by atoms with E-state index in [1.54, 1.807) is 64.4 Å². The van der Waals surface area contributed by atoms with Crippen LogP contribution in [0.2, 0.25) is 0 Å². The molecule has 18 N–H and O–H groups in total. The number of primary amides is 2. The van der Waals surface area contributed by atoms with Crippen molar-refractivity contribution in [1.29, 1.82) is 0 Å². The van der Waals surface area contributed by atoms with Gasteiger partial charge in [0.05, 0.1) is 23.1 Å². The molecule has 7 aromatic heterocycles. The largest absolute Gasteiger partial charge is 0.512 e. The van der Waals surface area contributed by atoms with E-state index in [-0.39, 0.29) is 83.8 Å². The lowest BCUT2D eigenvalue weighted by molar-refractivity contribution is -0.125. The molecule has 1 aliphatic rings. The number of hydrogen-bond acceptors (Lipinski definition) is 24. The highest BCUT2D eigenvalue weighted by Crippen LogP contribution is 2.18. The van der Waals surface area contributed by atoms with E-state index < -0.39 is 0 Å². The zero-order valence-corrected chi connectivity index (χ0v) is 97.9. The number of amides is 4. The average Bonchev–Trinajstić information content (AvgIpc) is 1.75. The Bertz CT molecular complexity index is 3940. The van der Waals surface area contributed by atoms with Gasteiger partial charge in [-0.3, -0.25) is 43.5 Å². The summed E-state index contributed by atoms with van der Waals surface area (Å²) in [6.07, 6.45) is 9.67. The Hall–Kier alpha value is -11.2. The molecule has 0 bridgehead atoms. The Balaban J connectivity index is -0.000000144. The Morgan fingerprint density at radius 2 is 0.697 bits per heavy atom. The van der Waals surface area contributed by atoms with E-state index >= 15 is 0 Å². The molecule has 0 unspecified atom stereocenters. The van der Waals surface area contributed by atoms with E-state index in [1.165, 1.54) is 23.5 Å². The number of aromatic amines is 7. The molecule has 0 fully saturated rings. The number of carbonyl (C=O) groups is 5. The number of aliphatic hydroxyl groups is 1. The zero-order chi connectivity index (χ0) is 113. The number of aliphatic hydroxyl groups excluding tert-OH is 1. The van der Waals surface area contributed by atoms with Crippen LogP contribution >= 0.6 is 0 Å². The molecule has 37 heteroatoms. The second kappa shape index (κ2) is 92.3. The maximum Gasteiger partial charge on any atom is 0.247 e. The van der Waals surface area contributed by atoms with E-state index in [1.807, 2.05) is 198 Å². The highest BCUT2D eigenvalue weighted by atomic mass is 16.3. The van der Waals surface area contributed by atoms with Crippen molar-refractivity contribution in [3.63, 3.8) is 0 Å². The number of aromatic nitrogens is 18. The number of nitrogens with two attached hydrogens (primary N) is 4. The minimum Gasteiger partial charge on any atom is -0.512 e. The number of allylic oxidation sites excluding steroid dienone is 2. The SMILES string of the molecule is CC(C)/C=C(\O)C(C)C.CC(C)C.CC(C)C.CC(C)C(N)=O.CC(C)C(N)=O.CC(C)C1=NN=NC1.CC(C)CC(=O)C(C)C.CC(C)N=C(N)C(C)C.CC(C)N=C(N)C(C)C.CC(C)NC(=O)C(C)C.CC(C)NC(=O)C(C)C.CC(C)c1cnc(C(C)C)[nH]1.CC(C)c1cnc(C(C)C)[nH]1.CC(C)c1nn[nH]n1.CC(C)c1nn[nH]n1.CC(C)c1nn[nH]n1.O=c1cccc[nH]1.O=c1cccc[nH]1.[HH]. The third-order valence-corrected chi connectivity index (χ3v) is 16.1. The molecule has 37 nitrogen and oxygen atoms in total. The van der Waals surface area contributed by atoms with Gasteiger partial charge in [0, 0.05) is 157 Å². The molecule has 0 aliphatic carbocycles. The summed E-state index contributed by atoms with van der Waals surface area (Å²) in [6.45, 7) is 102. The number of hydrogen-bond donors (Lipinski definition) is 14. The van der Waals surface area contributed by atoms with Crippen LogP contribution in [0.25, 0.3) is 0 Å². The second-order valence-corrected chi connectivity index (χ2v) is 41.5. The minimum absolute atomic E-state index is 0. The van der Waals surface area contributed by atoms with E-state index in [2.05, 4.69) is 266 Å². The maximum absolute atomic E-state index is 11.0. The fraction of sp³-hybridized carbons (Fsp3) is 0.724. The van der Waals surface area contributed by atoms with Gasteiger partial charge < -0.3 is 58.6 Å². The van der Waals surface area contributed by atoms with Crippen molar-refractivity contribution in [3.05, 3.63) is 134 Å². The number of Topliss-reactive ketones (excluding diaryl/α,β-unsaturated/α-hetero) is 1. The lowest BCUT2D eigenvalue weighted by Crippen LogP contribution is -2.33. The molecular weight excluding hydrogens is 1800 g/mol. The van der Waals surface area contributed by atoms with E-state index in [0.717, 1.165) is 64.8 Å². The van der Waals surface area contributed by atoms with Crippen LogP contribution < -0.4 is 44.7 Å². The minimum atomic E-state index is -0.241. The Morgan fingerprint density at radius 1 is 0.401 bits per heavy atom. The molecule has 4 amide bonds. The van der Waals surface area contributed by atoms with Crippen molar-refractivity contribution in [2.45, 2.75) is 418 Å². The summed E-state index contributed by atoms with van der Waals surface area (Å²) >= 11 is 0. The first-order valence-corrected chi connectivity index (χ1v) is 50.5. The van der Waals surface area contributed by atoms with Crippen molar-refractivity contribution in [1.82, 2.24) is 102 Å². The highest BCUT2D eigenvalue weighted by Gasteiger charge is 2.13. The van der Waals surface area contributed by atoms with Crippen LogP contribution in [0, 0.1) is 76.9 Å². The van der Waals surface area contributed by atoms with Crippen molar-refractivity contribution in [2.24, 2.45) is 125 Å². The smallest absolute Gasteiger partial charge is 0.247 e. The Kier molecular flexibility index (Phi) is 98.1. The van der Waals surface area contributed by atoms with Gasteiger partial charge >= 0.3 is 0 Å². The number of H-pyrrole nitrogens is 7. The first kappa shape index (κ1) is 151. The van der Waals surface area contributed by atoms with E-state index in [0.29, 0.717) is 101 Å². The van der Waals surface area contributed by atoms with Gasteiger partial charge in [-0.15, -0.1) is 35.7 Å². The molecule has 0 spiro atoms. The van der Waals surface area contributed by atoms with Gasteiger partial charge in [-0.2, -0.15) is 20.8 Å². The monoisotopic (exact) mass is 2000 g/mol. The van der Waals surface area contributed by atoms with Gasteiger partial charge in [0.1, 0.15) is 24.0 Å². The van der Waals surface area contributed by atoms with E-state index in [4.69, 9.17) is 28.0 Å². The van der Waals surface area contributed by atoms with Crippen molar-refractivity contribution >= 4 is 46.8 Å². The molecule has 0 atom stereocenters. The average molecular weight is 2010 g/mol.